The van der Waals surface area contributed by atoms with Gasteiger partial charge in [-0.1, -0.05) is 206 Å². The molecular weight excluding hydrogens is 1020 g/mol. The van der Waals surface area contributed by atoms with E-state index in [1.54, 1.807) is 6.07 Å². The van der Waals surface area contributed by atoms with Gasteiger partial charge in [-0.25, -0.2) is 4.98 Å². The molecule has 0 saturated heterocycles. The molecule has 9 aromatic carbocycles. The predicted molar refractivity (Wildman–Crippen MR) is 279 cm³/mol. The first-order chi connectivity index (χ1) is 33.4. The molecule has 0 atom stereocenters. The first-order valence-electron chi connectivity index (χ1n) is 23.1. The summed E-state index contributed by atoms with van der Waals surface area (Å²) in [5, 5.41) is 13.7. The van der Waals surface area contributed by atoms with Crippen molar-refractivity contribution in [1.29, 1.82) is 0 Å². The standard InChI is InChI=1S/C63H45N4O.Pt/c1-63(2,46-21-8-4-9-22-46)47-35-33-42(34-36-47)44-37-38-64-55(41-44)45-39-53-50-26-13-16-30-57(50)66(48-23-10-5-11-24-48)61(53)54(40-45)51-28-18-31-58-60(51)65-62(52-27-14-17-32-59(52)68)67(58)56-29-15-12-25-49(56)43-19-6-3-7-20-43;/h3-39,41,68H,1-2H3;/q-1;. The van der Waals surface area contributed by atoms with Crippen molar-refractivity contribution < 1.29 is 26.2 Å². The molecule has 0 radical (unpaired) electrons. The molecule has 69 heavy (non-hydrogen) atoms. The van der Waals surface area contributed by atoms with Crippen LogP contribution in [0.25, 0.3) is 100 Å². The van der Waals surface area contributed by atoms with Gasteiger partial charge in [-0.2, -0.15) is 0 Å². The Balaban J connectivity index is 0.00000520. The Kier molecular flexibility index (Phi) is 11.2. The average molecular weight is 1070 g/mol. The third-order valence-electron chi connectivity index (χ3n) is 13.5. The number of hydrogen-bond acceptors (Lipinski definition) is 3. The zero-order chi connectivity index (χ0) is 45.8. The number of rotatable bonds is 9. The fourth-order valence-corrected chi connectivity index (χ4v) is 9.99. The first kappa shape index (κ1) is 43.5. The number of benzene rings is 9. The maximum atomic E-state index is 11.5. The van der Waals surface area contributed by atoms with Gasteiger partial charge in [-0.05, 0) is 87.3 Å². The van der Waals surface area contributed by atoms with E-state index < -0.39 is 0 Å². The number of nitrogens with zero attached hydrogens (tertiary/aromatic N) is 4. The number of aromatic nitrogens is 4. The predicted octanol–water partition coefficient (Wildman–Crippen LogP) is 15.7. The third kappa shape index (κ3) is 7.56. The summed E-state index contributed by atoms with van der Waals surface area (Å²) in [6.07, 6.45) is 1.91. The number of hydrogen-bond donors (Lipinski definition) is 1. The van der Waals surface area contributed by atoms with Crippen molar-refractivity contribution >= 4 is 32.8 Å². The number of aromatic hydroxyl groups is 1. The number of para-hydroxylation sites is 5. The molecule has 0 aliphatic heterocycles. The Morgan fingerprint density at radius 1 is 0.493 bits per heavy atom. The van der Waals surface area contributed by atoms with Crippen LogP contribution >= 0.6 is 0 Å². The molecule has 0 spiro atoms. The topological polar surface area (TPSA) is 55.9 Å². The van der Waals surface area contributed by atoms with Gasteiger partial charge in [-0.15, -0.1) is 12.1 Å². The molecule has 3 aromatic heterocycles. The summed E-state index contributed by atoms with van der Waals surface area (Å²) in [6, 6.07) is 82.0. The second-order valence-corrected chi connectivity index (χ2v) is 17.9. The molecule has 12 aromatic rings. The second-order valence-electron chi connectivity index (χ2n) is 17.9. The molecule has 1 N–H and O–H groups in total. The normalized spacial score (nSPS) is 11.6. The number of fused-ring (bicyclic) bond motifs is 4. The molecule has 0 aliphatic carbocycles. The molecular formula is C63H45N4OPt-. The summed E-state index contributed by atoms with van der Waals surface area (Å²) >= 11 is 0. The largest absolute Gasteiger partial charge is 0.507 e. The van der Waals surface area contributed by atoms with Crippen LogP contribution in [-0.4, -0.2) is 24.2 Å². The Labute approximate surface area is 415 Å². The van der Waals surface area contributed by atoms with Gasteiger partial charge >= 0.3 is 0 Å². The van der Waals surface area contributed by atoms with Crippen molar-refractivity contribution in [2.24, 2.45) is 0 Å². The van der Waals surface area contributed by atoms with Crippen LogP contribution in [0.2, 0.25) is 0 Å². The van der Waals surface area contributed by atoms with Gasteiger partial charge in [0.15, 0.2) is 0 Å². The fourth-order valence-electron chi connectivity index (χ4n) is 9.99. The van der Waals surface area contributed by atoms with Gasteiger partial charge in [0.25, 0.3) is 0 Å². The van der Waals surface area contributed by atoms with Crippen molar-refractivity contribution in [1.82, 2.24) is 19.1 Å². The van der Waals surface area contributed by atoms with Crippen LogP contribution in [-0.2, 0) is 26.5 Å². The van der Waals surface area contributed by atoms with Crippen molar-refractivity contribution in [2.75, 3.05) is 0 Å². The Hall–Kier alpha value is -8.11. The molecule has 0 saturated carbocycles. The van der Waals surface area contributed by atoms with E-state index in [9.17, 15) is 5.11 Å². The van der Waals surface area contributed by atoms with Crippen LogP contribution in [0.15, 0.2) is 231 Å². The number of phenols is 1. The van der Waals surface area contributed by atoms with Crippen molar-refractivity contribution in [3.63, 3.8) is 0 Å². The van der Waals surface area contributed by atoms with Crippen molar-refractivity contribution in [2.45, 2.75) is 19.3 Å². The minimum absolute atomic E-state index is 0. The SMILES string of the molecule is CC(C)(c1ccccc1)c1ccc(-c2ccnc(-c3[c-]c(-c4cccc5c4nc(-c4ccccc4O)n5-c4ccccc4-c4ccccc4)c4c(c3)c3ccccc3n4-c3ccccc3)c2)cc1.[Pt]. The smallest absolute Gasteiger partial charge is 0.148 e. The van der Waals surface area contributed by atoms with Crippen LogP contribution in [0.3, 0.4) is 0 Å². The first-order valence-corrected chi connectivity index (χ1v) is 23.1. The van der Waals surface area contributed by atoms with E-state index in [1.165, 1.54) is 11.1 Å². The summed E-state index contributed by atoms with van der Waals surface area (Å²) in [5.74, 6) is 0.793. The third-order valence-corrected chi connectivity index (χ3v) is 13.5. The van der Waals surface area contributed by atoms with Crippen molar-refractivity contribution in [3.8, 4) is 73.2 Å². The maximum Gasteiger partial charge on any atom is 0.148 e. The number of pyridine rings is 1. The van der Waals surface area contributed by atoms with Gasteiger partial charge < -0.3 is 9.67 Å². The van der Waals surface area contributed by atoms with Crippen LogP contribution in [0, 0.1) is 6.07 Å². The van der Waals surface area contributed by atoms with Crippen molar-refractivity contribution in [3.05, 3.63) is 248 Å². The monoisotopic (exact) mass is 1070 g/mol. The van der Waals surface area contributed by atoms with Gasteiger partial charge in [0, 0.05) is 55.1 Å². The van der Waals surface area contributed by atoms with Crippen LogP contribution in [0.4, 0.5) is 0 Å². The van der Waals surface area contributed by atoms with E-state index in [2.05, 4.69) is 223 Å². The van der Waals surface area contributed by atoms with E-state index in [-0.39, 0.29) is 32.2 Å². The molecule has 0 aliphatic rings. The quantitative estimate of drug-likeness (QED) is 0.147. The number of phenolic OH excluding ortho intramolecular Hbond substituents is 1. The van der Waals surface area contributed by atoms with E-state index in [1.807, 2.05) is 30.5 Å². The second kappa shape index (κ2) is 17.8. The molecule has 0 unspecified atom stereocenters. The summed E-state index contributed by atoms with van der Waals surface area (Å²) in [5.41, 5.74) is 16.6. The van der Waals surface area contributed by atoms with E-state index in [4.69, 9.17) is 9.97 Å². The minimum Gasteiger partial charge on any atom is -0.507 e. The van der Waals surface area contributed by atoms with Crippen LogP contribution in [0.5, 0.6) is 5.75 Å². The summed E-state index contributed by atoms with van der Waals surface area (Å²) in [7, 11) is 0. The Morgan fingerprint density at radius 3 is 1.88 bits per heavy atom. The molecule has 0 bridgehead atoms. The maximum absolute atomic E-state index is 11.5. The van der Waals surface area contributed by atoms with Crippen LogP contribution in [0.1, 0.15) is 25.0 Å². The molecule has 5 nitrogen and oxygen atoms in total. The Morgan fingerprint density at radius 2 is 1.12 bits per heavy atom. The minimum atomic E-state index is -0.144. The summed E-state index contributed by atoms with van der Waals surface area (Å²) in [6.45, 7) is 4.56. The van der Waals surface area contributed by atoms with Gasteiger partial charge in [0.2, 0.25) is 0 Å². The Bertz CT molecular complexity index is 3820. The molecule has 0 amide bonds. The van der Waals surface area contributed by atoms with Gasteiger partial charge in [0.05, 0.1) is 22.3 Å². The van der Waals surface area contributed by atoms with E-state index >= 15 is 0 Å². The van der Waals surface area contributed by atoms with Gasteiger partial charge in [-0.3, -0.25) is 9.55 Å². The molecule has 0 fully saturated rings. The zero-order valence-electron chi connectivity index (χ0n) is 38.0. The molecule has 334 valence electrons. The molecule has 3 heterocycles. The summed E-state index contributed by atoms with van der Waals surface area (Å²) in [4.78, 5) is 10.6. The molecule has 12 rings (SSSR count). The summed E-state index contributed by atoms with van der Waals surface area (Å²) < 4.78 is 4.55. The van der Waals surface area contributed by atoms with E-state index in [0.717, 1.165) is 88.9 Å². The average Bonchev–Trinajstić information content (AvgIpc) is 3.96. The van der Waals surface area contributed by atoms with E-state index in [0.29, 0.717) is 11.4 Å². The molecule has 6 heteroatoms. The zero-order valence-corrected chi connectivity index (χ0v) is 40.3. The fraction of sp³-hybridized carbons (Fsp3) is 0.0476. The van der Waals surface area contributed by atoms with Gasteiger partial charge in [0.1, 0.15) is 11.6 Å². The van der Waals surface area contributed by atoms with Crippen LogP contribution < -0.4 is 0 Å². The number of imidazole rings is 1.